The summed E-state index contributed by atoms with van der Waals surface area (Å²) in [7, 11) is -1.81. The Hall–Kier alpha value is -1.64. The highest BCUT2D eigenvalue weighted by Crippen LogP contribution is 2.28. The van der Waals surface area contributed by atoms with Crippen LogP contribution in [-0.2, 0) is 10.2 Å². The molecule has 2 aliphatic rings. The van der Waals surface area contributed by atoms with Crippen molar-refractivity contribution >= 4 is 21.9 Å². The van der Waals surface area contributed by atoms with Gasteiger partial charge in [0.15, 0.2) is 0 Å². The number of para-hydroxylation sites is 1. The molecule has 1 atom stereocenters. The van der Waals surface area contributed by atoms with E-state index in [4.69, 9.17) is 0 Å². The lowest BCUT2D eigenvalue weighted by atomic mass is 9.96. The lowest BCUT2D eigenvalue weighted by molar-refractivity contribution is 0.207. The van der Waals surface area contributed by atoms with E-state index in [0.717, 1.165) is 44.9 Å². The van der Waals surface area contributed by atoms with Gasteiger partial charge in [0.25, 0.3) is 10.2 Å². The minimum absolute atomic E-state index is 0.0932. The van der Waals surface area contributed by atoms with E-state index < -0.39 is 10.2 Å². The molecule has 3 rings (SSSR count). The first-order chi connectivity index (χ1) is 13.5. The van der Waals surface area contributed by atoms with E-state index in [1.54, 1.807) is 15.7 Å². The van der Waals surface area contributed by atoms with Crippen molar-refractivity contribution in [2.75, 3.05) is 25.5 Å². The van der Waals surface area contributed by atoms with Gasteiger partial charge in [-0.25, -0.2) is 4.79 Å². The third-order valence-electron chi connectivity index (χ3n) is 5.85. The fourth-order valence-corrected chi connectivity index (χ4v) is 6.02. The summed E-state index contributed by atoms with van der Waals surface area (Å²) in [6.07, 6.45) is 7.86. The highest BCUT2D eigenvalue weighted by atomic mass is 32.2. The van der Waals surface area contributed by atoms with Gasteiger partial charge >= 0.3 is 6.03 Å². The molecule has 2 N–H and O–H groups in total. The lowest BCUT2D eigenvalue weighted by Crippen LogP contribution is -2.55. The second kappa shape index (κ2) is 9.71. The highest BCUT2D eigenvalue weighted by molar-refractivity contribution is 7.86. The monoisotopic (exact) mass is 408 g/mol. The first-order valence-electron chi connectivity index (χ1n) is 10.3. The highest BCUT2D eigenvalue weighted by Gasteiger charge is 2.38. The van der Waals surface area contributed by atoms with Crippen molar-refractivity contribution in [3.05, 3.63) is 30.3 Å². The van der Waals surface area contributed by atoms with E-state index in [1.165, 1.54) is 6.42 Å². The molecule has 1 aliphatic carbocycles. The molecule has 1 aromatic carbocycles. The number of amides is 2. The minimum Gasteiger partial charge on any atom is -0.336 e. The molecule has 0 aromatic heterocycles. The van der Waals surface area contributed by atoms with Gasteiger partial charge in [0.1, 0.15) is 0 Å². The van der Waals surface area contributed by atoms with Crippen molar-refractivity contribution in [3.63, 3.8) is 0 Å². The van der Waals surface area contributed by atoms with Crippen LogP contribution in [0, 0.1) is 0 Å². The Labute approximate surface area is 168 Å². The average Bonchev–Trinajstić information content (AvgIpc) is 2.73. The van der Waals surface area contributed by atoms with Gasteiger partial charge < -0.3 is 10.6 Å². The second-order valence-corrected chi connectivity index (χ2v) is 9.72. The Balaban J connectivity index is 1.60. The topological polar surface area (TPSA) is 81.8 Å². The van der Waals surface area contributed by atoms with E-state index in [9.17, 15) is 13.2 Å². The SMILES string of the molecule is CN(C1CCCCC1)S(=O)(=O)N1CCCCC1CNC(=O)Nc1ccccc1. The van der Waals surface area contributed by atoms with Crippen molar-refractivity contribution in [1.29, 1.82) is 0 Å². The zero-order valence-electron chi connectivity index (χ0n) is 16.6. The molecule has 2 fully saturated rings. The zero-order chi connectivity index (χ0) is 20.0. The molecule has 1 aliphatic heterocycles. The van der Waals surface area contributed by atoms with Gasteiger partial charge in [0.05, 0.1) is 0 Å². The van der Waals surface area contributed by atoms with Crippen molar-refractivity contribution in [2.24, 2.45) is 0 Å². The minimum atomic E-state index is -3.52. The molecule has 1 heterocycles. The van der Waals surface area contributed by atoms with Gasteiger partial charge in [-0.1, -0.05) is 43.9 Å². The summed E-state index contributed by atoms with van der Waals surface area (Å²) in [5, 5.41) is 5.63. The van der Waals surface area contributed by atoms with Crippen LogP contribution in [0.2, 0.25) is 0 Å². The third-order valence-corrected chi connectivity index (χ3v) is 7.95. The number of carbonyl (C=O) groups excluding carboxylic acids is 1. The Morgan fingerprint density at radius 2 is 1.75 bits per heavy atom. The molecule has 0 bridgehead atoms. The first kappa shape index (κ1) is 21.1. The molecule has 1 saturated carbocycles. The van der Waals surface area contributed by atoms with E-state index in [0.29, 0.717) is 18.8 Å². The standard InChI is InChI=1S/C20H32N4O3S/c1-23(18-12-6-3-7-13-18)28(26,27)24-15-9-8-14-19(24)16-21-20(25)22-17-10-4-2-5-11-17/h2,4-5,10-11,18-19H,3,6-9,12-16H2,1H3,(H2,21,22,25). The Morgan fingerprint density at radius 3 is 2.46 bits per heavy atom. The van der Waals surface area contributed by atoms with Crippen molar-refractivity contribution in [2.45, 2.75) is 63.5 Å². The third kappa shape index (κ3) is 5.24. The van der Waals surface area contributed by atoms with Crippen LogP contribution in [0.25, 0.3) is 0 Å². The quantitative estimate of drug-likeness (QED) is 0.758. The van der Waals surface area contributed by atoms with E-state index in [2.05, 4.69) is 10.6 Å². The Kier molecular flexibility index (Phi) is 7.31. The van der Waals surface area contributed by atoms with Gasteiger partial charge in [-0.15, -0.1) is 0 Å². The molecule has 1 unspecified atom stereocenters. The van der Waals surface area contributed by atoms with Crippen LogP contribution in [0.1, 0.15) is 51.4 Å². The molecule has 2 amide bonds. The van der Waals surface area contributed by atoms with Crippen LogP contribution in [0.5, 0.6) is 0 Å². The molecule has 0 radical (unpaired) electrons. The summed E-state index contributed by atoms with van der Waals surface area (Å²) in [6.45, 7) is 0.836. The molecule has 0 spiro atoms. The number of hydrogen-bond acceptors (Lipinski definition) is 3. The zero-order valence-corrected chi connectivity index (χ0v) is 17.5. The molecular weight excluding hydrogens is 376 g/mol. The van der Waals surface area contributed by atoms with Gasteiger partial charge in [-0.05, 0) is 37.8 Å². The van der Waals surface area contributed by atoms with Crippen LogP contribution in [-0.4, -0.2) is 55.3 Å². The number of nitrogens with zero attached hydrogens (tertiary/aromatic N) is 2. The van der Waals surface area contributed by atoms with E-state index in [1.807, 2.05) is 30.3 Å². The number of nitrogens with one attached hydrogen (secondary N) is 2. The van der Waals surface area contributed by atoms with Gasteiger partial charge in [-0.3, -0.25) is 0 Å². The van der Waals surface area contributed by atoms with Crippen molar-refractivity contribution in [1.82, 2.24) is 13.9 Å². The molecule has 1 aromatic rings. The predicted molar refractivity (Wildman–Crippen MR) is 111 cm³/mol. The maximum absolute atomic E-state index is 13.3. The number of benzene rings is 1. The summed E-state index contributed by atoms with van der Waals surface area (Å²) in [5.41, 5.74) is 0.713. The van der Waals surface area contributed by atoms with Gasteiger partial charge in [-0.2, -0.15) is 17.0 Å². The molecule has 156 valence electrons. The van der Waals surface area contributed by atoms with Crippen LogP contribution < -0.4 is 10.6 Å². The second-order valence-electron chi connectivity index (χ2n) is 7.78. The summed E-state index contributed by atoms with van der Waals surface area (Å²) in [4.78, 5) is 12.2. The largest absolute Gasteiger partial charge is 0.336 e. The number of anilines is 1. The van der Waals surface area contributed by atoms with Crippen LogP contribution in [0.15, 0.2) is 30.3 Å². The van der Waals surface area contributed by atoms with Crippen molar-refractivity contribution < 1.29 is 13.2 Å². The van der Waals surface area contributed by atoms with E-state index in [-0.39, 0.29) is 18.1 Å². The maximum atomic E-state index is 13.3. The summed E-state index contributed by atoms with van der Waals surface area (Å²) < 4.78 is 29.7. The van der Waals surface area contributed by atoms with Gasteiger partial charge in [0.2, 0.25) is 0 Å². The number of piperidine rings is 1. The normalized spacial score (nSPS) is 22.1. The fourth-order valence-electron chi connectivity index (χ4n) is 4.19. The van der Waals surface area contributed by atoms with E-state index >= 15 is 0 Å². The van der Waals surface area contributed by atoms with Crippen LogP contribution in [0.4, 0.5) is 10.5 Å². The molecule has 28 heavy (non-hydrogen) atoms. The average molecular weight is 409 g/mol. The number of urea groups is 1. The molecule has 1 saturated heterocycles. The summed E-state index contributed by atoms with van der Waals surface area (Å²) >= 11 is 0. The van der Waals surface area contributed by atoms with Crippen molar-refractivity contribution in [3.8, 4) is 0 Å². The first-order valence-corrected chi connectivity index (χ1v) is 11.7. The smallest absolute Gasteiger partial charge is 0.319 e. The van der Waals surface area contributed by atoms with Crippen LogP contribution in [0.3, 0.4) is 0 Å². The predicted octanol–water partition coefficient (Wildman–Crippen LogP) is 3.17. The molecule has 7 nitrogen and oxygen atoms in total. The Bertz CT molecular complexity index is 735. The summed E-state index contributed by atoms with van der Waals surface area (Å²) in [5.74, 6) is 0. The number of rotatable bonds is 6. The number of carbonyl (C=O) groups is 1. The fraction of sp³-hybridized carbons (Fsp3) is 0.650. The van der Waals surface area contributed by atoms with Crippen LogP contribution >= 0.6 is 0 Å². The lowest BCUT2D eigenvalue weighted by Gasteiger charge is -2.40. The van der Waals surface area contributed by atoms with Gasteiger partial charge in [0, 0.05) is 37.9 Å². The number of hydrogen-bond donors (Lipinski definition) is 2. The molecular formula is C20H32N4O3S. The summed E-state index contributed by atoms with van der Waals surface area (Å²) in [6, 6.07) is 8.80. The maximum Gasteiger partial charge on any atom is 0.319 e. The molecule has 8 heteroatoms. The Morgan fingerprint density at radius 1 is 1.07 bits per heavy atom.